The van der Waals surface area contributed by atoms with Crippen LogP contribution in [-0.4, -0.2) is 65.1 Å². The van der Waals surface area contributed by atoms with Crippen LogP contribution in [0.25, 0.3) is 0 Å². The lowest BCUT2D eigenvalue weighted by molar-refractivity contribution is -0.0543. The Morgan fingerprint density at radius 2 is 1.49 bits per heavy atom. The maximum absolute atomic E-state index is 12.5. The van der Waals surface area contributed by atoms with Crippen molar-refractivity contribution in [1.29, 1.82) is 0 Å². The van der Waals surface area contributed by atoms with Gasteiger partial charge in [-0.15, -0.1) is 0 Å². The van der Waals surface area contributed by atoms with Crippen molar-refractivity contribution in [1.82, 2.24) is 0 Å². The molecule has 1 atom stereocenters. The first kappa shape index (κ1) is 27.5. The maximum Gasteiger partial charge on any atom is 0.343 e. The number of hydrogen-bond donors (Lipinski definition) is 3. The fourth-order valence-electron chi connectivity index (χ4n) is 3.30. The molecule has 1 unspecified atom stereocenters. The van der Waals surface area contributed by atoms with Gasteiger partial charge >= 0.3 is 11.9 Å². The van der Waals surface area contributed by atoms with E-state index in [-0.39, 0.29) is 66.8 Å². The molecular formula is C28H28O9. The molecule has 0 saturated heterocycles. The third-order valence-corrected chi connectivity index (χ3v) is 5.34. The Morgan fingerprint density at radius 3 is 2.11 bits per heavy atom. The van der Waals surface area contributed by atoms with E-state index in [1.165, 1.54) is 49.4 Å². The van der Waals surface area contributed by atoms with Crippen LogP contribution in [0.5, 0.6) is 11.5 Å². The van der Waals surface area contributed by atoms with Crippen LogP contribution in [0, 0.1) is 0 Å². The Kier molecular flexibility index (Phi) is 9.51. The molecule has 0 radical (unpaired) electrons. The van der Waals surface area contributed by atoms with Gasteiger partial charge in [0.1, 0.15) is 18.1 Å². The van der Waals surface area contributed by atoms with Gasteiger partial charge in [0.15, 0.2) is 5.78 Å². The molecule has 0 aromatic heterocycles. The highest BCUT2D eigenvalue weighted by atomic mass is 16.6. The zero-order chi connectivity index (χ0) is 26.8. The molecule has 3 aromatic carbocycles. The van der Waals surface area contributed by atoms with E-state index >= 15 is 0 Å². The molecular weight excluding hydrogens is 480 g/mol. The lowest BCUT2D eigenvalue weighted by atomic mass is 10.0. The number of ether oxygens (including phenoxy) is 3. The smallest absolute Gasteiger partial charge is 0.343 e. The quantitative estimate of drug-likeness (QED) is 0.146. The number of aromatic hydroxyl groups is 1. The summed E-state index contributed by atoms with van der Waals surface area (Å²) < 4.78 is 15.6. The minimum absolute atomic E-state index is 0.00818. The Bertz CT molecular complexity index is 1220. The predicted molar refractivity (Wildman–Crippen MR) is 133 cm³/mol. The zero-order valence-electron chi connectivity index (χ0n) is 20.3. The predicted octanol–water partition coefficient (Wildman–Crippen LogP) is 3.15. The van der Waals surface area contributed by atoms with Gasteiger partial charge in [-0.2, -0.15) is 0 Å². The van der Waals surface area contributed by atoms with Gasteiger partial charge < -0.3 is 29.5 Å². The first-order chi connectivity index (χ1) is 17.7. The van der Waals surface area contributed by atoms with E-state index < -0.39 is 17.5 Å². The molecule has 0 amide bonds. The van der Waals surface area contributed by atoms with E-state index in [2.05, 4.69) is 0 Å². The molecule has 194 valence electrons. The number of esters is 2. The van der Waals surface area contributed by atoms with Crippen molar-refractivity contribution in [3.05, 3.63) is 95.1 Å². The van der Waals surface area contributed by atoms with Crippen LogP contribution >= 0.6 is 0 Å². The molecule has 0 saturated carbocycles. The van der Waals surface area contributed by atoms with Gasteiger partial charge in [0.05, 0.1) is 35.5 Å². The standard InChI is InChI=1S/C28H28O9/c1-28(34,13-14-29)18-35-15-16-36-26(32)20-7-9-21(10-8-20)27(33)37-22-11-12-23(24(30)17-22)25(31)19-5-3-2-4-6-19/h2-12,17,29-30,34H,13-16,18H2,1H3. The first-order valence-electron chi connectivity index (χ1n) is 11.5. The van der Waals surface area contributed by atoms with Gasteiger partial charge in [-0.3, -0.25) is 4.79 Å². The summed E-state index contributed by atoms with van der Waals surface area (Å²) in [5, 5.41) is 29.0. The van der Waals surface area contributed by atoms with Crippen LogP contribution in [0.4, 0.5) is 0 Å². The second kappa shape index (κ2) is 12.8. The van der Waals surface area contributed by atoms with Crippen molar-refractivity contribution < 1.29 is 43.9 Å². The molecule has 0 aliphatic rings. The Balaban J connectivity index is 1.51. The molecule has 0 spiro atoms. The number of phenolic OH excluding ortho intramolecular Hbond substituents is 1. The molecule has 9 nitrogen and oxygen atoms in total. The number of carbonyl (C=O) groups excluding carboxylic acids is 3. The summed E-state index contributed by atoms with van der Waals surface area (Å²) in [6.07, 6.45) is 0.169. The van der Waals surface area contributed by atoms with Crippen molar-refractivity contribution in [3.8, 4) is 11.5 Å². The highest BCUT2D eigenvalue weighted by Gasteiger charge is 2.20. The van der Waals surface area contributed by atoms with Crippen LogP contribution in [0.15, 0.2) is 72.8 Å². The molecule has 0 heterocycles. The van der Waals surface area contributed by atoms with E-state index in [1.807, 2.05) is 0 Å². The maximum atomic E-state index is 12.5. The highest BCUT2D eigenvalue weighted by molar-refractivity contribution is 6.10. The number of phenols is 1. The Hall–Kier alpha value is -4.05. The number of ketones is 1. The number of carbonyl (C=O) groups is 3. The monoisotopic (exact) mass is 508 g/mol. The molecule has 0 aliphatic heterocycles. The first-order valence-corrected chi connectivity index (χ1v) is 11.5. The highest BCUT2D eigenvalue weighted by Crippen LogP contribution is 2.26. The fourth-order valence-corrected chi connectivity index (χ4v) is 3.30. The average molecular weight is 509 g/mol. The van der Waals surface area contributed by atoms with Crippen molar-refractivity contribution in [2.75, 3.05) is 26.4 Å². The summed E-state index contributed by atoms with van der Waals surface area (Å²) in [7, 11) is 0. The molecule has 3 rings (SSSR count). The minimum atomic E-state index is -1.16. The van der Waals surface area contributed by atoms with Gasteiger partial charge in [-0.25, -0.2) is 9.59 Å². The number of aliphatic hydroxyl groups is 2. The van der Waals surface area contributed by atoms with Gasteiger partial charge in [-0.05, 0) is 43.3 Å². The van der Waals surface area contributed by atoms with Crippen molar-refractivity contribution >= 4 is 17.7 Å². The topological polar surface area (TPSA) is 140 Å². The van der Waals surface area contributed by atoms with Crippen LogP contribution < -0.4 is 4.74 Å². The molecule has 3 aromatic rings. The fraction of sp³-hybridized carbons (Fsp3) is 0.250. The minimum Gasteiger partial charge on any atom is -0.507 e. The summed E-state index contributed by atoms with van der Waals surface area (Å²) in [5.74, 6) is -1.97. The molecule has 9 heteroatoms. The molecule has 0 fully saturated rings. The van der Waals surface area contributed by atoms with E-state index in [4.69, 9.17) is 19.3 Å². The summed E-state index contributed by atoms with van der Waals surface area (Å²) in [5.41, 5.74) is -0.293. The van der Waals surface area contributed by atoms with Crippen LogP contribution in [0.2, 0.25) is 0 Å². The summed E-state index contributed by atoms with van der Waals surface area (Å²) in [6, 6.07) is 18.1. The van der Waals surface area contributed by atoms with Gasteiger partial charge in [0.2, 0.25) is 0 Å². The van der Waals surface area contributed by atoms with Crippen LogP contribution in [-0.2, 0) is 9.47 Å². The number of benzene rings is 3. The molecule has 3 N–H and O–H groups in total. The SMILES string of the molecule is CC(O)(CCO)COCCOC(=O)c1ccc(C(=O)Oc2ccc(C(=O)c3ccccc3)c(O)c2)cc1. The van der Waals surface area contributed by atoms with Gasteiger partial charge in [0, 0.05) is 24.7 Å². The normalized spacial score (nSPS) is 12.4. The lowest BCUT2D eigenvalue weighted by Crippen LogP contribution is -2.32. The average Bonchev–Trinajstić information content (AvgIpc) is 2.88. The number of aliphatic hydroxyl groups excluding tert-OH is 1. The molecule has 0 bridgehead atoms. The number of hydrogen-bond acceptors (Lipinski definition) is 9. The van der Waals surface area contributed by atoms with Gasteiger partial charge in [0.25, 0.3) is 0 Å². The number of rotatable bonds is 12. The van der Waals surface area contributed by atoms with Crippen LogP contribution in [0.3, 0.4) is 0 Å². The summed E-state index contributed by atoms with van der Waals surface area (Å²) in [4.78, 5) is 37.2. The van der Waals surface area contributed by atoms with E-state index in [0.29, 0.717) is 5.56 Å². The van der Waals surface area contributed by atoms with Crippen LogP contribution in [0.1, 0.15) is 50.0 Å². The van der Waals surface area contributed by atoms with Crippen molar-refractivity contribution in [3.63, 3.8) is 0 Å². The van der Waals surface area contributed by atoms with Crippen molar-refractivity contribution in [2.45, 2.75) is 18.9 Å². The third kappa shape index (κ3) is 7.97. The van der Waals surface area contributed by atoms with E-state index in [1.54, 1.807) is 30.3 Å². The van der Waals surface area contributed by atoms with Gasteiger partial charge in [-0.1, -0.05) is 30.3 Å². The second-order valence-electron chi connectivity index (χ2n) is 8.50. The molecule has 37 heavy (non-hydrogen) atoms. The Morgan fingerprint density at radius 1 is 0.838 bits per heavy atom. The largest absolute Gasteiger partial charge is 0.507 e. The summed E-state index contributed by atoms with van der Waals surface area (Å²) >= 11 is 0. The Labute approximate surface area is 213 Å². The van der Waals surface area contributed by atoms with E-state index in [0.717, 1.165) is 0 Å². The second-order valence-corrected chi connectivity index (χ2v) is 8.50. The lowest BCUT2D eigenvalue weighted by Gasteiger charge is -2.21. The van der Waals surface area contributed by atoms with Crippen molar-refractivity contribution in [2.24, 2.45) is 0 Å². The zero-order valence-corrected chi connectivity index (χ0v) is 20.3. The summed E-state index contributed by atoms with van der Waals surface area (Å²) in [6.45, 7) is 1.39. The molecule has 0 aliphatic carbocycles. The third-order valence-electron chi connectivity index (χ3n) is 5.34. The van der Waals surface area contributed by atoms with E-state index in [9.17, 15) is 24.6 Å².